The van der Waals surface area contributed by atoms with Gasteiger partial charge in [0.1, 0.15) is 5.82 Å². The quantitative estimate of drug-likeness (QED) is 0.894. The highest BCUT2D eigenvalue weighted by molar-refractivity contribution is 5.74. The van der Waals surface area contributed by atoms with Crippen LogP contribution in [0.5, 0.6) is 0 Å². The van der Waals surface area contributed by atoms with E-state index in [1.165, 1.54) is 12.1 Å². The van der Waals surface area contributed by atoms with Gasteiger partial charge >= 0.3 is 6.03 Å². The van der Waals surface area contributed by atoms with Gasteiger partial charge in [0.2, 0.25) is 0 Å². The van der Waals surface area contributed by atoms with Crippen molar-refractivity contribution in [3.8, 4) is 0 Å². The van der Waals surface area contributed by atoms with Gasteiger partial charge < -0.3 is 20.0 Å². The van der Waals surface area contributed by atoms with Gasteiger partial charge in [-0.25, -0.2) is 9.18 Å². The molecule has 2 aliphatic heterocycles. The molecule has 0 saturated carbocycles. The summed E-state index contributed by atoms with van der Waals surface area (Å²) in [4.78, 5) is 19.2. The Morgan fingerprint density at radius 1 is 1.23 bits per heavy atom. The molecule has 5 nitrogen and oxygen atoms in total. The third-order valence-electron chi connectivity index (χ3n) is 6.25. The molecule has 1 aromatic rings. The maximum absolute atomic E-state index is 13.1. The lowest BCUT2D eigenvalue weighted by atomic mass is 9.86. The first-order valence-corrected chi connectivity index (χ1v) is 9.54. The van der Waals surface area contributed by atoms with Crippen LogP contribution in [-0.4, -0.2) is 80.1 Å². The number of rotatable bonds is 4. The van der Waals surface area contributed by atoms with Crippen molar-refractivity contribution in [1.29, 1.82) is 0 Å². The lowest BCUT2D eigenvalue weighted by Gasteiger charge is -2.45. The van der Waals surface area contributed by atoms with Crippen LogP contribution in [0.1, 0.15) is 30.7 Å². The highest BCUT2D eigenvalue weighted by atomic mass is 19.1. The number of likely N-dealkylation sites (tertiary alicyclic amines) is 2. The minimum atomic E-state index is -0.214. The highest BCUT2D eigenvalue weighted by Crippen LogP contribution is 2.28. The number of likely N-dealkylation sites (N-methyl/N-ethyl adjacent to an activating group) is 1. The predicted molar refractivity (Wildman–Crippen MR) is 102 cm³/mol. The van der Waals surface area contributed by atoms with E-state index in [2.05, 4.69) is 36.3 Å². The van der Waals surface area contributed by atoms with E-state index in [4.69, 9.17) is 0 Å². The number of carbonyl (C=O) groups excluding carboxylic acids is 1. The van der Waals surface area contributed by atoms with Gasteiger partial charge in [-0.05, 0) is 71.2 Å². The van der Waals surface area contributed by atoms with Crippen molar-refractivity contribution in [3.05, 3.63) is 35.6 Å². The molecule has 0 aromatic heterocycles. The first kappa shape index (κ1) is 19.1. The zero-order chi connectivity index (χ0) is 18.7. The van der Waals surface area contributed by atoms with Crippen LogP contribution >= 0.6 is 0 Å². The van der Waals surface area contributed by atoms with Gasteiger partial charge in [0.25, 0.3) is 0 Å². The summed E-state index contributed by atoms with van der Waals surface area (Å²) in [5.41, 5.74) is 1.15. The molecular formula is C20H31FN4O. The minimum absolute atomic E-state index is 0.0229. The monoisotopic (exact) mass is 362 g/mol. The van der Waals surface area contributed by atoms with Crippen molar-refractivity contribution in [2.24, 2.45) is 0 Å². The molecule has 2 saturated heterocycles. The third-order valence-corrected chi connectivity index (χ3v) is 6.25. The number of hydrogen-bond acceptors (Lipinski definition) is 3. The van der Waals surface area contributed by atoms with E-state index in [-0.39, 0.29) is 17.4 Å². The molecule has 26 heavy (non-hydrogen) atoms. The molecule has 2 fully saturated rings. The molecule has 144 valence electrons. The maximum Gasteiger partial charge on any atom is 0.317 e. The molecule has 1 N–H and O–H groups in total. The van der Waals surface area contributed by atoms with Crippen molar-refractivity contribution in [2.45, 2.75) is 30.7 Å². The van der Waals surface area contributed by atoms with Crippen molar-refractivity contribution < 1.29 is 9.18 Å². The Labute approximate surface area is 156 Å². The second kappa shape index (κ2) is 7.92. The average Bonchev–Trinajstić information content (AvgIpc) is 3.12. The number of halogens is 1. The minimum Gasteiger partial charge on any atom is -0.336 e. The Morgan fingerprint density at radius 3 is 2.50 bits per heavy atom. The summed E-state index contributed by atoms with van der Waals surface area (Å²) in [7, 11) is 6.37. The van der Waals surface area contributed by atoms with Gasteiger partial charge in [0.15, 0.2) is 0 Å². The van der Waals surface area contributed by atoms with Crippen molar-refractivity contribution >= 4 is 6.03 Å². The van der Waals surface area contributed by atoms with Crippen LogP contribution in [0.3, 0.4) is 0 Å². The summed E-state index contributed by atoms with van der Waals surface area (Å²) in [5.74, 6) is 0.0842. The number of nitrogens with zero attached hydrogens (tertiary/aromatic N) is 3. The second-order valence-corrected chi connectivity index (χ2v) is 8.06. The van der Waals surface area contributed by atoms with E-state index in [1.807, 2.05) is 17.0 Å². The molecule has 3 rings (SSSR count). The zero-order valence-corrected chi connectivity index (χ0v) is 16.2. The normalized spacial score (nSPS) is 23.4. The van der Waals surface area contributed by atoms with Crippen LogP contribution in [0.15, 0.2) is 24.3 Å². The number of carbonyl (C=O) groups is 1. The van der Waals surface area contributed by atoms with Gasteiger partial charge in [0.05, 0.1) is 0 Å². The van der Waals surface area contributed by atoms with Gasteiger partial charge in [-0.15, -0.1) is 0 Å². The van der Waals surface area contributed by atoms with Crippen LogP contribution in [0.2, 0.25) is 0 Å². The highest BCUT2D eigenvalue weighted by Gasteiger charge is 2.37. The van der Waals surface area contributed by atoms with Crippen LogP contribution in [-0.2, 0) is 0 Å². The standard InChI is InChI=1S/C20H31FN4O/c1-23(2)20(9-12-24(3)13-10-20)15-22-19(26)25-11-8-17(14-25)16-4-6-18(21)7-5-16/h4-7,17H,8-15H2,1-3H3,(H,22,26)/t17-/m0/s1. The van der Waals surface area contributed by atoms with Crippen LogP contribution < -0.4 is 5.32 Å². The summed E-state index contributed by atoms with van der Waals surface area (Å²) in [5, 5.41) is 3.18. The molecule has 0 unspecified atom stereocenters. The summed E-state index contributed by atoms with van der Waals surface area (Å²) >= 11 is 0. The summed E-state index contributed by atoms with van der Waals surface area (Å²) in [6, 6.07) is 6.69. The second-order valence-electron chi connectivity index (χ2n) is 8.06. The summed E-state index contributed by atoms with van der Waals surface area (Å²) in [6.07, 6.45) is 3.06. The Hall–Kier alpha value is -1.66. The van der Waals surface area contributed by atoms with E-state index >= 15 is 0 Å². The van der Waals surface area contributed by atoms with E-state index in [0.717, 1.165) is 44.5 Å². The first-order chi connectivity index (χ1) is 12.4. The fraction of sp³-hybridized carbons (Fsp3) is 0.650. The molecule has 2 heterocycles. The van der Waals surface area contributed by atoms with E-state index < -0.39 is 0 Å². The molecule has 0 bridgehead atoms. The number of amides is 2. The summed E-state index contributed by atoms with van der Waals surface area (Å²) < 4.78 is 13.1. The fourth-order valence-electron chi connectivity index (χ4n) is 4.12. The zero-order valence-electron chi connectivity index (χ0n) is 16.2. The molecule has 0 aliphatic carbocycles. The first-order valence-electron chi connectivity index (χ1n) is 9.54. The molecule has 2 aliphatic rings. The fourth-order valence-corrected chi connectivity index (χ4v) is 4.12. The lowest BCUT2D eigenvalue weighted by Crippen LogP contribution is -2.58. The topological polar surface area (TPSA) is 38.8 Å². The number of benzene rings is 1. The molecule has 1 atom stereocenters. The van der Waals surface area contributed by atoms with Gasteiger partial charge in [-0.3, -0.25) is 0 Å². The van der Waals surface area contributed by atoms with Gasteiger partial charge in [-0.1, -0.05) is 12.1 Å². The van der Waals surface area contributed by atoms with Crippen molar-refractivity contribution in [2.75, 3.05) is 53.9 Å². The van der Waals surface area contributed by atoms with Crippen LogP contribution in [0, 0.1) is 5.82 Å². The van der Waals surface area contributed by atoms with Crippen molar-refractivity contribution in [3.63, 3.8) is 0 Å². The van der Waals surface area contributed by atoms with E-state index in [1.54, 1.807) is 0 Å². The number of piperidine rings is 1. The lowest BCUT2D eigenvalue weighted by molar-refractivity contribution is 0.0667. The Kier molecular flexibility index (Phi) is 5.82. The maximum atomic E-state index is 13.1. The Morgan fingerprint density at radius 2 is 1.88 bits per heavy atom. The average molecular weight is 362 g/mol. The Balaban J connectivity index is 1.54. The molecule has 0 spiro atoms. The van der Waals surface area contributed by atoms with Gasteiger partial charge in [-0.2, -0.15) is 0 Å². The van der Waals surface area contributed by atoms with Crippen molar-refractivity contribution in [1.82, 2.24) is 20.0 Å². The number of nitrogens with one attached hydrogen (secondary N) is 1. The largest absolute Gasteiger partial charge is 0.336 e. The van der Waals surface area contributed by atoms with Gasteiger partial charge in [0, 0.05) is 31.1 Å². The van der Waals surface area contributed by atoms with Crippen LogP contribution in [0.25, 0.3) is 0 Å². The molecular weight excluding hydrogens is 331 g/mol. The SMILES string of the molecule is CN1CCC(CNC(=O)N2CC[C@H](c3ccc(F)cc3)C2)(N(C)C)CC1. The van der Waals surface area contributed by atoms with Crippen LogP contribution in [0.4, 0.5) is 9.18 Å². The summed E-state index contributed by atoms with van der Waals surface area (Å²) in [6.45, 7) is 4.26. The predicted octanol–water partition coefficient (Wildman–Crippen LogP) is 2.35. The molecule has 2 amide bonds. The number of urea groups is 1. The number of hydrogen-bond donors (Lipinski definition) is 1. The molecule has 1 aromatic carbocycles. The smallest absolute Gasteiger partial charge is 0.317 e. The van der Waals surface area contributed by atoms with E-state index in [0.29, 0.717) is 19.0 Å². The Bertz CT molecular complexity index is 611. The molecule has 6 heteroatoms. The third kappa shape index (κ3) is 4.18. The van der Waals surface area contributed by atoms with E-state index in [9.17, 15) is 9.18 Å². The molecule has 0 radical (unpaired) electrons.